The summed E-state index contributed by atoms with van der Waals surface area (Å²) in [5.74, 6) is 6.33. The van der Waals surface area contributed by atoms with E-state index in [1.165, 1.54) is 30.7 Å². The first kappa shape index (κ1) is 61.6. The molecule has 15 nitrogen and oxygen atoms in total. The zero-order valence-electron chi connectivity index (χ0n) is 45.7. The molecule has 10 aromatic carbocycles. The lowest BCUT2D eigenvalue weighted by Gasteiger charge is -2.08. The van der Waals surface area contributed by atoms with Gasteiger partial charge in [-0.2, -0.15) is 15.8 Å². The molecule has 11 aromatic rings. The number of halogens is 3. The van der Waals surface area contributed by atoms with E-state index in [9.17, 15) is 13.6 Å². The lowest BCUT2D eigenvalue weighted by Crippen LogP contribution is -1.91. The van der Waals surface area contributed by atoms with Gasteiger partial charge in [0, 0.05) is 11.1 Å². The molecule has 0 aliphatic rings. The predicted molar refractivity (Wildman–Crippen MR) is 317 cm³/mol. The zero-order valence-corrected chi connectivity index (χ0v) is 46.4. The molecule has 426 valence electrons. The molecule has 0 aliphatic carbocycles. The van der Waals surface area contributed by atoms with Crippen molar-refractivity contribution < 1.29 is 56.3 Å². The van der Waals surface area contributed by atoms with Crippen LogP contribution in [0.3, 0.4) is 0 Å². The fraction of sp³-hybridized carbons (Fsp3) is 0.0294. The van der Waals surface area contributed by atoms with Crippen LogP contribution in [-0.4, -0.2) is 35.8 Å². The van der Waals surface area contributed by atoms with Gasteiger partial charge >= 0.3 is 0 Å². The molecule has 1 heterocycles. The van der Waals surface area contributed by atoms with Gasteiger partial charge in [-0.15, -0.1) is 10.2 Å². The maximum atomic E-state index is 13.3. The number of benzene rings is 10. The van der Waals surface area contributed by atoms with Gasteiger partial charge in [-0.1, -0.05) is 78.3 Å². The first-order valence-electron chi connectivity index (χ1n) is 25.5. The van der Waals surface area contributed by atoms with E-state index in [0.29, 0.717) is 68.0 Å². The number of rotatable bonds is 14. The first-order chi connectivity index (χ1) is 42.0. The van der Waals surface area contributed by atoms with Gasteiger partial charge in [0.2, 0.25) is 12.3 Å². The van der Waals surface area contributed by atoms with Crippen LogP contribution in [0, 0.1) is 45.6 Å². The van der Waals surface area contributed by atoms with Crippen molar-refractivity contribution in [3.63, 3.8) is 0 Å². The van der Waals surface area contributed by atoms with Gasteiger partial charge in [0.15, 0.2) is 0 Å². The molecule has 0 radical (unpaired) electrons. The molecule has 0 fully saturated rings. The number of ether oxygens (including phenoxy) is 7. The van der Waals surface area contributed by atoms with Crippen molar-refractivity contribution in [3.05, 3.63) is 282 Å². The van der Waals surface area contributed by atoms with Gasteiger partial charge in [-0.3, -0.25) is 4.79 Å². The predicted octanol–water partition coefficient (Wildman–Crippen LogP) is 17.5. The van der Waals surface area contributed by atoms with Crippen LogP contribution in [0.4, 0.5) is 8.78 Å². The number of phenolic OH excluding ortho intramolecular Hbond substituents is 1. The van der Waals surface area contributed by atoms with E-state index in [4.69, 9.17) is 70.1 Å². The third-order valence-corrected chi connectivity index (χ3v) is 11.6. The second-order valence-corrected chi connectivity index (χ2v) is 17.5. The van der Waals surface area contributed by atoms with Crippen LogP contribution < -0.4 is 33.2 Å². The molecule has 18 heteroatoms. The molecule has 1 aromatic heterocycles. The van der Waals surface area contributed by atoms with Crippen molar-refractivity contribution in [2.24, 2.45) is 0 Å². The number of aldehydes is 1. The Kier molecular flexibility index (Phi) is 23.3. The molecule has 86 heavy (non-hydrogen) atoms. The number of carbonyl (C=O) groups is 1. The van der Waals surface area contributed by atoms with E-state index in [1.54, 1.807) is 178 Å². The Morgan fingerprint density at radius 2 is 0.837 bits per heavy atom. The molecule has 0 saturated carbocycles. The summed E-state index contributed by atoms with van der Waals surface area (Å²) >= 11 is 5.96. The highest BCUT2D eigenvalue weighted by molar-refractivity contribution is 6.32. The van der Waals surface area contributed by atoms with Crippen LogP contribution in [0.5, 0.6) is 74.7 Å². The molecule has 0 aliphatic heterocycles. The summed E-state index contributed by atoms with van der Waals surface area (Å²) in [6.45, 7) is 0. The minimum absolute atomic E-state index is 0.0775. The minimum Gasteiger partial charge on any atom is -0.508 e. The van der Waals surface area contributed by atoms with Crippen LogP contribution in [0.2, 0.25) is 5.02 Å². The van der Waals surface area contributed by atoms with Crippen molar-refractivity contribution in [2.75, 3.05) is 14.2 Å². The van der Waals surface area contributed by atoms with Gasteiger partial charge in [0.1, 0.15) is 128 Å². The standard InChI is InChI=1S/C15H8ClN3O2.C14H10FNO2.C14H12O3.C13H8FNO.C12H10O2/c16-13-2-1-3-14(12(13)8-17)21-11-6-4-10(5-7-11)15-19-18-9-20-15;1-17-10-5-7-11(8-6-10)18-14-4-2-3-13(15)12(14)9-16;1-16-12-5-7-13(8-6-12)17-14-4-2-3-11(9-14)10-15;14-12-7-4-8-13(11(12)9-15)16-10-5-2-1-3-6-10;13-10-6-8-12(9-7-10)14-11-4-2-1-3-5-11/h1-7,9H;2-8H,1H3;2-10H,1H3;1-8H;1-9,13H. The van der Waals surface area contributed by atoms with Crippen LogP contribution in [0.15, 0.2) is 247 Å². The summed E-state index contributed by atoms with van der Waals surface area (Å²) in [4.78, 5) is 10.6. The molecule has 0 amide bonds. The highest BCUT2D eigenvalue weighted by Crippen LogP contribution is 2.33. The summed E-state index contributed by atoms with van der Waals surface area (Å²) in [6.07, 6.45) is 2.06. The second kappa shape index (κ2) is 32.5. The van der Waals surface area contributed by atoms with Crippen LogP contribution in [0.1, 0.15) is 27.0 Å². The normalized spacial score (nSPS) is 9.74. The Balaban J connectivity index is 0.000000155. The molecule has 1 N–H and O–H groups in total. The van der Waals surface area contributed by atoms with E-state index in [0.717, 1.165) is 23.3 Å². The summed E-state index contributed by atoms with van der Waals surface area (Å²) in [7, 11) is 3.18. The van der Waals surface area contributed by atoms with Crippen molar-refractivity contribution in [3.8, 4) is 104 Å². The number of para-hydroxylation sites is 2. The zero-order chi connectivity index (χ0) is 60.9. The summed E-state index contributed by atoms with van der Waals surface area (Å²) < 4.78 is 69.5. The summed E-state index contributed by atoms with van der Waals surface area (Å²) in [5.41, 5.74) is 1.50. The topological polar surface area (TPSA) is 212 Å². The average Bonchev–Trinajstić information content (AvgIpc) is 4.01. The Bertz CT molecular complexity index is 4030. The molecule has 0 atom stereocenters. The highest BCUT2D eigenvalue weighted by Gasteiger charge is 2.13. The van der Waals surface area contributed by atoms with Crippen molar-refractivity contribution >= 4 is 17.9 Å². The quantitative estimate of drug-likeness (QED) is 0.100. The minimum atomic E-state index is -0.594. The van der Waals surface area contributed by atoms with Crippen molar-refractivity contribution in [1.29, 1.82) is 15.8 Å². The third-order valence-electron chi connectivity index (χ3n) is 11.3. The smallest absolute Gasteiger partial charge is 0.247 e. The Labute approximate surface area is 498 Å². The number of phenols is 1. The largest absolute Gasteiger partial charge is 0.508 e. The van der Waals surface area contributed by atoms with Gasteiger partial charge in [0.05, 0.1) is 19.2 Å². The number of aromatic hydroxyl groups is 1. The fourth-order valence-electron chi connectivity index (χ4n) is 7.14. The van der Waals surface area contributed by atoms with Crippen molar-refractivity contribution in [1.82, 2.24) is 10.2 Å². The second-order valence-electron chi connectivity index (χ2n) is 17.1. The molecule has 0 unspecified atom stereocenters. The monoisotopic (exact) mass is 1170 g/mol. The first-order valence-corrected chi connectivity index (χ1v) is 25.9. The molecular formula is C68H48ClF2N5O10. The number of nitrogens with zero attached hydrogens (tertiary/aromatic N) is 5. The van der Waals surface area contributed by atoms with Crippen LogP contribution in [-0.2, 0) is 0 Å². The molecule has 0 spiro atoms. The van der Waals surface area contributed by atoms with Gasteiger partial charge in [0.25, 0.3) is 0 Å². The van der Waals surface area contributed by atoms with E-state index in [-0.39, 0.29) is 28.4 Å². The Hall–Kier alpha value is -12.0. The molecular weight excluding hydrogens is 1120 g/mol. The molecule has 0 bridgehead atoms. The van der Waals surface area contributed by atoms with Gasteiger partial charge in [-0.05, 0) is 170 Å². The van der Waals surface area contributed by atoms with Crippen molar-refractivity contribution in [2.45, 2.75) is 0 Å². The Morgan fingerprint density at radius 3 is 1.29 bits per heavy atom. The molecule has 11 rings (SSSR count). The maximum Gasteiger partial charge on any atom is 0.247 e. The lowest BCUT2D eigenvalue weighted by atomic mass is 10.2. The fourth-order valence-corrected chi connectivity index (χ4v) is 7.35. The van der Waals surface area contributed by atoms with Crippen LogP contribution >= 0.6 is 11.6 Å². The lowest BCUT2D eigenvalue weighted by molar-refractivity contribution is 0.112. The molecule has 0 saturated heterocycles. The highest BCUT2D eigenvalue weighted by atomic mass is 35.5. The maximum absolute atomic E-state index is 13.3. The van der Waals surface area contributed by atoms with Gasteiger partial charge < -0.3 is 42.7 Å². The average molecular weight is 1170 g/mol. The number of nitriles is 3. The van der Waals surface area contributed by atoms with E-state index in [1.807, 2.05) is 66.7 Å². The SMILES string of the molecule is COc1ccc(Oc2cccc(C=O)c2)cc1.COc1ccc(Oc2cccc(F)c2C#N)cc1.N#Cc1c(Cl)cccc1Oc1ccc(-c2nnco2)cc1.N#Cc1c(F)cccc1Oc1ccccc1.Oc1ccc(Oc2ccccc2)cc1. The summed E-state index contributed by atoms with van der Waals surface area (Å²) in [5, 5.41) is 43.7. The summed E-state index contributed by atoms with van der Waals surface area (Å²) in [6, 6.07) is 72.5. The van der Waals surface area contributed by atoms with E-state index >= 15 is 0 Å². The number of hydrogen-bond acceptors (Lipinski definition) is 15. The van der Waals surface area contributed by atoms with Gasteiger partial charge in [-0.25, -0.2) is 8.78 Å². The van der Waals surface area contributed by atoms with E-state index < -0.39 is 11.6 Å². The number of carbonyl (C=O) groups excluding carboxylic acids is 1. The number of aromatic nitrogens is 2. The number of hydrogen-bond donors (Lipinski definition) is 1. The number of methoxy groups -OCH3 is 2. The van der Waals surface area contributed by atoms with E-state index in [2.05, 4.69) is 10.2 Å². The third kappa shape index (κ3) is 18.8. The van der Waals surface area contributed by atoms with Crippen LogP contribution in [0.25, 0.3) is 11.5 Å². The Morgan fingerprint density at radius 1 is 0.453 bits per heavy atom.